The Balaban J connectivity index is 1.86. The number of nitriles is 1. The first-order chi connectivity index (χ1) is 10.1. The van der Waals surface area contributed by atoms with E-state index >= 15 is 0 Å². The van der Waals surface area contributed by atoms with Crippen molar-refractivity contribution in [1.82, 2.24) is 4.98 Å². The van der Waals surface area contributed by atoms with Gasteiger partial charge in [-0.3, -0.25) is 0 Å². The van der Waals surface area contributed by atoms with Crippen molar-refractivity contribution < 1.29 is 9.84 Å². The smallest absolute Gasteiger partial charge is 0.142 e. The van der Waals surface area contributed by atoms with Crippen LogP contribution in [-0.4, -0.2) is 41.5 Å². The van der Waals surface area contributed by atoms with E-state index in [0.29, 0.717) is 25.3 Å². The van der Waals surface area contributed by atoms with Gasteiger partial charge in [-0.25, -0.2) is 4.98 Å². The van der Waals surface area contributed by atoms with Gasteiger partial charge < -0.3 is 14.7 Å². The Kier molecular flexibility index (Phi) is 3.83. The van der Waals surface area contributed by atoms with Crippen LogP contribution in [0.1, 0.15) is 31.9 Å². The summed E-state index contributed by atoms with van der Waals surface area (Å²) in [6.07, 6.45) is 4.51. The summed E-state index contributed by atoms with van der Waals surface area (Å²) in [4.78, 5) is 6.34. The van der Waals surface area contributed by atoms with Crippen molar-refractivity contribution in [2.24, 2.45) is 5.92 Å². The number of aliphatic hydroxyl groups is 1. The van der Waals surface area contributed by atoms with Crippen LogP contribution in [0.25, 0.3) is 0 Å². The van der Waals surface area contributed by atoms with Gasteiger partial charge in [0, 0.05) is 37.0 Å². The number of rotatable bonds is 2. The monoisotopic (exact) mass is 287 g/mol. The van der Waals surface area contributed by atoms with Crippen molar-refractivity contribution in [1.29, 1.82) is 5.26 Å². The second-order valence-corrected chi connectivity index (χ2v) is 6.20. The third-order valence-electron chi connectivity index (χ3n) is 4.80. The summed E-state index contributed by atoms with van der Waals surface area (Å²) >= 11 is 0. The lowest BCUT2D eigenvalue weighted by Gasteiger charge is -2.43. The maximum absolute atomic E-state index is 10.7. The van der Waals surface area contributed by atoms with Crippen LogP contribution in [0, 0.1) is 17.2 Å². The van der Waals surface area contributed by atoms with Crippen LogP contribution in [0.3, 0.4) is 0 Å². The number of pyridine rings is 1. The van der Waals surface area contributed by atoms with E-state index in [1.165, 1.54) is 0 Å². The molecule has 1 aromatic rings. The molecule has 5 nitrogen and oxygen atoms in total. The summed E-state index contributed by atoms with van der Waals surface area (Å²) in [7, 11) is 0. The Morgan fingerprint density at radius 1 is 1.57 bits per heavy atom. The molecule has 2 fully saturated rings. The molecule has 0 saturated carbocycles. The first-order valence-electron chi connectivity index (χ1n) is 7.55. The van der Waals surface area contributed by atoms with Crippen LogP contribution in [0.5, 0.6) is 0 Å². The first-order valence-corrected chi connectivity index (χ1v) is 7.55. The van der Waals surface area contributed by atoms with Crippen LogP contribution in [-0.2, 0) is 4.74 Å². The van der Waals surface area contributed by atoms with Gasteiger partial charge in [0.15, 0.2) is 0 Å². The second-order valence-electron chi connectivity index (χ2n) is 6.20. The molecule has 0 aromatic carbocycles. The zero-order chi connectivity index (χ0) is 14.9. The molecule has 1 N–H and O–H groups in total. The SMILES string of the molecule is CC1(O)CCOCC1C1CCCN1c1ccnc(C#N)c1. The zero-order valence-electron chi connectivity index (χ0n) is 12.3. The highest BCUT2D eigenvalue weighted by Crippen LogP contribution is 2.37. The van der Waals surface area contributed by atoms with E-state index in [1.54, 1.807) is 6.20 Å². The molecule has 1 aromatic heterocycles. The summed E-state index contributed by atoms with van der Waals surface area (Å²) in [5.74, 6) is 0.104. The normalized spacial score (nSPS) is 32.9. The van der Waals surface area contributed by atoms with E-state index in [9.17, 15) is 5.11 Å². The van der Waals surface area contributed by atoms with Crippen molar-refractivity contribution in [3.8, 4) is 6.07 Å². The van der Waals surface area contributed by atoms with E-state index < -0.39 is 5.60 Å². The number of anilines is 1. The van der Waals surface area contributed by atoms with Crippen LogP contribution < -0.4 is 4.90 Å². The molecule has 0 amide bonds. The van der Waals surface area contributed by atoms with Gasteiger partial charge in [0.05, 0.1) is 12.2 Å². The second kappa shape index (κ2) is 5.63. The number of ether oxygens (including phenoxy) is 1. The summed E-state index contributed by atoms with van der Waals surface area (Å²) in [6.45, 7) is 4.10. The molecule has 0 aliphatic carbocycles. The standard InChI is InChI=1S/C16H21N3O2/c1-16(20)5-8-21-11-14(16)15-3-2-7-19(15)13-4-6-18-12(9-13)10-17/h4,6,9,14-15,20H,2-3,5,7-8,11H2,1H3. The highest BCUT2D eigenvalue weighted by molar-refractivity contribution is 5.50. The van der Waals surface area contributed by atoms with Crippen molar-refractivity contribution in [2.45, 2.75) is 37.8 Å². The van der Waals surface area contributed by atoms with Gasteiger partial charge in [0.1, 0.15) is 11.8 Å². The van der Waals surface area contributed by atoms with Crippen LogP contribution in [0.2, 0.25) is 0 Å². The molecule has 3 atom stereocenters. The first kappa shape index (κ1) is 14.3. The molecule has 2 aliphatic heterocycles. The Labute approximate surface area is 125 Å². The molecule has 2 aliphatic rings. The molecule has 0 spiro atoms. The van der Waals surface area contributed by atoms with Crippen LogP contribution >= 0.6 is 0 Å². The Morgan fingerprint density at radius 3 is 3.19 bits per heavy atom. The Morgan fingerprint density at radius 2 is 2.43 bits per heavy atom. The lowest BCUT2D eigenvalue weighted by Crippen LogP contribution is -2.52. The third-order valence-corrected chi connectivity index (χ3v) is 4.80. The number of aromatic nitrogens is 1. The zero-order valence-corrected chi connectivity index (χ0v) is 12.3. The highest BCUT2D eigenvalue weighted by atomic mass is 16.5. The lowest BCUT2D eigenvalue weighted by molar-refractivity contribution is -0.108. The molecular weight excluding hydrogens is 266 g/mol. The van der Waals surface area contributed by atoms with Crippen molar-refractivity contribution >= 4 is 5.69 Å². The topological polar surface area (TPSA) is 69.4 Å². The van der Waals surface area contributed by atoms with E-state index in [4.69, 9.17) is 10.00 Å². The average molecular weight is 287 g/mol. The molecule has 5 heteroatoms. The quantitative estimate of drug-likeness (QED) is 0.896. The van der Waals surface area contributed by atoms with Gasteiger partial charge in [-0.05, 0) is 38.3 Å². The maximum atomic E-state index is 10.7. The minimum atomic E-state index is -0.684. The van der Waals surface area contributed by atoms with Gasteiger partial charge >= 0.3 is 0 Å². The van der Waals surface area contributed by atoms with Crippen molar-refractivity contribution in [3.63, 3.8) is 0 Å². The predicted molar refractivity (Wildman–Crippen MR) is 78.9 cm³/mol. The van der Waals surface area contributed by atoms with Crippen LogP contribution in [0.15, 0.2) is 18.3 Å². The third kappa shape index (κ3) is 2.74. The van der Waals surface area contributed by atoms with Gasteiger partial charge in [-0.2, -0.15) is 5.26 Å². The molecule has 2 saturated heterocycles. The minimum Gasteiger partial charge on any atom is -0.390 e. The van der Waals surface area contributed by atoms with Crippen LogP contribution in [0.4, 0.5) is 5.69 Å². The van der Waals surface area contributed by atoms with Gasteiger partial charge in [-0.15, -0.1) is 0 Å². The number of hydrogen-bond donors (Lipinski definition) is 1. The fourth-order valence-corrected chi connectivity index (χ4v) is 3.57. The number of nitrogens with zero attached hydrogens (tertiary/aromatic N) is 3. The highest BCUT2D eigenvalue weighted by Gasteiger charge is 2.44. The largest absolute Gasteiger partial charge is 0.390 e. The Hall–Kier alpha value is -1.64. The lowest BCUT2D eigenvalue weighted by atomic mass is 9.79. The molecule has 0 radical (unpaired) electrons. The average Bonchev–Trinajstić information content (AvgIpc) is 2.96. The summed E-state index contributed by atoms with van der Waals surface area (Å²) < 4.78 is 5.61. The predicted octanol–water partition coefficient (Wildman–Crippen LogP) is 1.71. The molecule has 3 rings (SSSR count). The molecule has 21 heavy (non-hydrogen) atoms. The van der Waals surface area contributed by atoms with E-state index in [1.807, 2.05) is 19.1 Å². The maximum Gasteiger partial charge on any atom is 0.142 e. The van der Waals surface area contributed by atoms with Crippen molar-refractivity contribution in [3.05, 3.63) is 24.0 Å². The molecule has 3 unspecified atom stereocenters. The van der Waals surface area contributed by atoms with Gasteiger partial charge in [0.2, 0.25) is 0 Å². The van der Waals surface area contributed by atoms with E-state index in [2.05, 4.69) is 16.0 Å². The summed E-state index contributed by atoms with van der Waals surface area (Å²) in [6, 6.07) is 6.12. The number of hydrogen-bond acceptors (Lipinski definition) is 5. The van der Waals surface area contributed by atoms with Gasteiger partial charge in [0.25, 0.3) is 0 Å². The fraction of sp³-hybridized carbons (Fsp3) is 0.625. The molecule has 0 bridgehead atoms. The molecular formula is C16H21N3O2. The minimum absolute atomic E-state index is 0.104. The Bertz CT molecular complexity index is 553. The van der Waals surface area contributed by atoms with E-state index in [-0.39, 0.29) is 12.0 Å². The van der Waals surface area contributed by atoms with Gasteiger partial charge in [-0.1, -0.05) is 0 Å². The van der Waals surface area contributed by atoms with Crippen molar-refractivity contribution in [2.75, 3.05) is 24.7 Å². The summed E-state index contributed by atoms with van der Waals surface area (Å²) in [5, 5.41) is 19.7. The van der Waals surface area contributed by atoms with E-state index in [0.717, 1.165) is 25.1 Å². The molecule has 3 heterocycles. The summed E-state index contributed by atoms with van der Waals surface area (Å²) in [5.41, 5.74) is 0.770. The fourth-order valence-electron chi connectivity index (χ4n) is 3.57. The molecule has 112 valence electrons.